The van der Waals surface area contributed by atoms with Crippen LogP contribution in [0.2, 0.25) is 0 Å². The van der Waals surface area contributed by atoms with Crippen LogP contribution < -0.4 is 10.6 Å². The molecule has 1 saturated heterocycles. The molecule has 0 radical (unpaired) electrons. The van der Waals surface area contributed by atoms with E-state index in [4.69, 9.17) is 5.73 Å². The Hall–Kier alpha value is -1.09. The summed E-state index contributed by atoms with van der Waals surface area (Å²) in [6, 6.07) is 5.21. The fourth-order valence-electron chi connectivity index (χ4n) is 2.86. The quantitative estimate of drug-likeness (QED) is 0.905. The van der Waals surface area contributed by atoms with Gasteiger partial charge in [0.05, 0.1) is 0 Å². The lowest BCUT2D eigenvalue weighted by molar-refractivity contribution is 0.554. The largest absolute Gasteiger partial charge is 0.371 e. The smallest absolute Gasteiger partial charge is 0.123 e. The summed E-state index contributed by atoms with van der Waals surface area (Å²) in [5.74, 6) is -0.161. The highest BCUT2D eigenvalue weighted by molar-refractivity contribution is 5.54. The summed E-state index contributed by atoms with van der Waals surface area (Å²) in [7, 11) is 0. The SMILES string of the molecule is CC(N)Cc1cc(F)ccc1N1CCCCCCC1. The Morgan fingerprint density at radius 3 is 2.42 bits per heavy atom. The van der Waals surface area contributed by atoms with Gasteiger partial charge in [-0.15, -0.1) is 0 Å². The molecule has 1 heterocycles. The maximum absolute atomic E-state index is 13.5. The Labute approximate surface area is 115 Å². The van der Waals surface area contributed by atoms with Crippen LogP contribution in [-0.4, -0.2) is 19.1 Å². The van der Waals surface area contributed by atoms with Gasteiger partial charge in [0.1, 0.15) is 5.82 Å². The molecular formula is C16H25FN2. The van der Waals surface area contributed by atoms with E-state index in [0.29, 0.717) is 0 Å². The minimum atomic E-state index is -0.161. The van der Waals surface area contributed by atoms with Crippen molar-refractivity contribution >= 4 is 5.69 Å². The molecular weight excluding hydrogens is 239 g/mol. The zero-order valence-electron chi connectivity index (χ0n) is 11.9. The summed E-state index contributed by atoms with van der Waals surface area (Å²) in [6.45, 7) is 4.14. The Balaban J connectivity index is 2.20. The van der Waals surface area contributed by atoms with Crippen molar-refractivity contribution in [2.24, 2.45) is 5.73 Å². The number of nitrogens with two attached hydrogens (primary N) is 1. The first-order valence-corrected chi connectivity index (χ1v) is 7.46. The van der Waals surface area contributed by atoms with Crippen molar-refractivity contribution in [3.8, 4) is 0 Å². The Bertz CT molecular complexity index is 396. The number of anilines is 1. The summed E-state index contributed by atoms with van der Waals surface area (Å²) in [5.41, 5.74) is 8.12. The van der Waals surface area contributed by atoms with Gasteiger partial charge in [0.25, 0.3) is 0 Å². The summed E-state index contributed by atoms with van der Waals surface area (Å²) in [4.78, 5) is 2.41. The van der Waals surface area contributed by atoms with Gasteiger partial charge in [-0.25, -0.2) is 4.39 Å². The van der Waals surface area contributed by atoms with Crippen LogP contribution in [0.25, 0.3) is 0 Å². The van der Waals surface area contributed by atoms with Crippen LogP contribution in [0.4, 0.5) is 10.1 Å². The Morgan fingerprint density at radius 1 is 1.16 bits per heavy atom. The molecule has 19 heavy (non-hydrogen) atoms. The van der Waals surface area contributed by atoms with Gasteiger partial charge in [-0.1, -0.05) is 19.3 Å². The molecule has 2 N–H and O–H groups in total. The highest BCUT2D eigenvalue weighted by Crippen LogP contribution is 2.25. The minimum absolute atomic E-state index is 0.0651. The number of benzene rings is 1. The van der Waals surface area contributed by atoms with Gasteiger partial charge < -0.3 is 10.6 Å². The molecule has 1 atom stereocenters. The van der Waals surface area contributed by atoms with Crippen molar-refractivity contribution in [2.75, 3.05) is 18.0 Å². The topological polar surface area (TPSA) is 29.3 Å². The van der Waals surface area contributed by atoms with Crippen LogP contribution >= 0.6 is 0 Å². The number of hydrogen-bond acceptors (Lipinski definition) is 2. The molecule has 1 aliphatic rings. The molecule has 106 valence electrons. The number of hydrogen-bond donors (Lipinski definition) is 1. The third-order valence-corrected chi connectivity index (χ3v) is 3.78. The molecule has 0 bridgehead atoms. The second-order valence-corrected chi connectivity index (χ2v) is 5.71. The molecule has 0 amide bonds. The molecule has 0 saturated carbocycles. The maximum Gasteiger partial charge on any atom is 0.123 e. The van der Waals surface area contributed by atoms with Crippen molar-refractivity contribution < 1.29 is 4.39 Å². The lowest BCUT2D eigenvalue weighted by Crippen LogP contribution is -2.29. The predicted octanol–water partition coefficient (Wildman–Crippen LogP) is 3.49. The lowest BCUT2D eigenvalue weighted by Gasteiger charge is -2.29. The summed E-state index contributed by atoms with van der Waals surface area (Å²) < 4.78 is 13.5. The van der Waals surface area contributed by atoms with Crippen molar-refractivity contribution in [2.45, 2.75) is 51.5 Å². The molecule has 0 spiro atoms. The first-order chi connectivity index (χ1) is 9.16. The van der Waals surface area contributed by atoms with Crippen LogP contribution in [0.1, 0.15) is 44.6 Å². The van der Waals surface area contributed by atoms with Gasteiger partial charge in [-0.3, -0.25) is 0 Å². The highest BCUT2D eigenvalue weighted by Gasteiger charge is 2.14. The van der Waals surface area contributed by atoms with Crippen molar-refractivity contribution in [1.29, 1.82) is 0 Å². The molecule has 1 aliphatic heterocycles. The van der Waals surface area contributed by atoms with E-state index in [2.05, 4.69) is 4.90 Å². The van der Waals surface area contributed by atoms with E-state index < -0.39 is 0 Å². The first-order valence-electron chi connectivity index (χ1n) is 7.46. The van der Waals surface area contributed by atoms with Crippen molar-refractivity contribution in [3.05, 3.63) is 29.6 Å². The minimum Gasteiger partial charge on any atom is -0.371 e. The van der Waals surface area contributed by atoms with E-state index >= 15 is 0 Å². The average molecular weight is 264 g/mol. The second kappa shape index (κ2) is 6.90. The van der Waals surface area contributed by atoms with E-state index in [9.17, 15) is 4.39 Å². The summed E-state index contributed by atoms with van der Waals surface area (Å²) in [5, 5.41) is 0. The molecule has 2 nitrogen and oxygen atoms in total. The van der Waals surface area contributed by atoms with Gasteiger partial charge in [0, 0.05) is 24.8 Å². The van der Waals surface area contributed by atoms with E-state index in [1.165, 1.54) is 37.8 Å². The van der Waals surface area contributed by atoms with E-state index in [1.807, 2.05) is 13.0 Å². The zero-order valence-corrected chi connectivity index (χ0v) is 11.9. The number of halogens is 1. The monoisotopic (exact) mass is 264 g/mol. The van der Waals surface area contributed by atoms with Crippen LogP contribution in [0.3, 0.4) is 0 Å². The zero-order chi connectivity index (χ0) is 13.7. The predicted molar refractivity (Wildman–Crippen MR) is 79.1 cm³/mol. The van der Waals surface area contributed by atoms with Gasteiger partial charge in [-0.05, 0) is 49.9 Å². The third kappa shape index (κ3) is 4.20. The molecule has 2 rings (SSSR count). The standard InChI is InChI=1S/C16H25FN2/c1-13(18)11-14-12-15(17)7-8-16(14)19-9-5-3-2-4-6-10-19/h7-8,12-13H,2-6,9-11,18H2,1H3. The van der Waals surface area contributed by atoms with Crippen molar-refractivity contribution in [1.82, 2.24) is 0 Å². The fourth-order valence-corrected chi connectivity index (χ4v) is 2.86. The number of rotatable bonds is 3. The van der Waals surface area contributed by atoms with Crippen LogP contribution in [0.15, 0.2) is 18.2 Å². The summed E-state index contributed by atoms with van der Waals surface area (Å²) >= 11 is 0. The summed E-state index contributed by atoms with van der Waals surface area (Å²) in [6.07, 6.45) is 7.16. The molecule has 1 aromatic carbocycles. The third-order valence-electron chi connectivity index (χ3n) is 3.78. The highest BCUT2D eigenvalue weighted by atomic mass is 19.1. The molecule has 1 fully saturated rings. The molecule has 3 heteroatoms. The van der Waals surface area contributed by atoms with Crippen LogP contribution in [-0.2, 0) is 6.42 Å². The van der Waals surface area contributed by atoms with E-state index in [0.717, 1.165) is 25.1 Å². The molecule has 1 unspecified atom stereocenters. The van der Waals surface area contributed by atoms with Gasteiger partial charge >= 0.3 is 0 Å². The van der Waals surface area contributed by atoms with Crippen molar-refractivity contribution in [3.63, 3.8) is 0 Å². The van der Waals surface area contributed by atoms with Crippen LogP contribution in [0.5, 0.6) is 0 Å². The Kier molecular flexibility index (Phi) is 5.20. The van der Waals surface area contributed by atoms with Gasteiger partial charge in [0.2, 0.25) is 0 Å². The van der Waals surface area contributed by atoms with E-state index in [1.54, 1.807) is 12.1 Å². The molecule has 1 aromatic rings. The van der Waals surface area contributed by atoms with Gasteiger partial charge in [-0.2, -0.15) is 0 Å². The first kappa shape index (κ1) is 14.3. The normalized spacial score (nSPS) is 18.8. The van der Waals surface area contributed by atoms with Crippen LogP contribution in [0, 0.1) is 5.82 Å². The maximum atomic E-state index is 13.5. The molecule has 0 aliphatic carbocycles. The fraction of sp³-hybridized carbons (Fsp3) is 0.625. The average Bonchev–Trinajstić information content (AvgIpc) is 2.29. The lowest BCUT2D eigenvalue weighted by atomic mass is 10.0. The van der Waals surface area contributed by atoms with E-state index in [-0.39, 0.29) is 11.9 Å². The van der Waals surface area contributed by atoms with Gasteiger partial charge in [0.15, 0.2) is 0 Å². The molecule has 0 aromatic heterocycles. The number of nitrogens with zero attached hydrogens (tertiary/aromatic N) is 1. The Morgan fingerprint density at radius 2 is 1.79 bits per heavy atom. The second-order valence-electron chi connectivity index (χ2n) is 5.71.